The lowest BCUT2D eigenvalue weighted by atomic mass is 9.99. The number of aryl methyl sites for hydroxylation is 1. The molecule has 0 spiro atoms. The summed E-state index contributed by atoms with van der Waals surface area (Å²) in [5, 5.41) is 0. The van der Waals surface area contributed by atoms with E-state index in [4.69, 9.17) is 18.9 Å². The zero-order chi connectivity index (χ0) is 25.1. The summed E-state index contributed by atoms with van der Waals surface area (Å²) in [6.45, 7) is 4.84. The molecule has 8 nitrogen and oxygen atoms in total. The number of hydrogen-bond acceptors (Lipinski definition) is 7. The number of carbonyl (C=O) groups is 1. The molecule has 0 bridgehead atoms. The van der Waals surface area contributed by atoms with Crippen LogP contribution in [0.3, 0.4) is 0 Å². The zero-order valence-electron chi connectivity index (χ0n) is 20.5. The first-order valence-corrected chi connectivity index (χ1v) is 13.6. The van der Waals surface area contributed by atoms with Crippen LogP contribution in [-0.2, 0) is 41.2 Å². The highest BCUT2D eigenvalue weighted by Gasteiger charge is 2.24. The van der Waals surface area contributed by atoms with Gasteiger partial charge < -0.3 is 18.9 Å². The molecule has 0 N–H and O–H groups in total. The van der Waals surface area contributed by atoms with Crippen molar-refractivity contribution in [2.75, 3.05) is 53.2 Å². The first-order chi connectivity index (χ1) is 16.9. The number of methoxy groups -OCH3 is 1. The maximum Gasteiger partial charge on any atom is 0.306 e. The average molecular weight is 506 g/mol. The van der Waals surface area contributed by atoms with Gasteiger partial charge in [0.25, 0.3) is 0 Å². The van der Waals surface area contributed by atoms with E-state index in [2.05, 4.69) is 0 Å². The highest BCUT2D eigenvalue weighted by Crippen LogP contribution is 2.32. The van der Waals surface area contributed by atoms with Crippen LogP contribution in [0, 0.1) is 0 Å². The quantitative estimate of drug-likeness (QED) is 0.304. The Morgan fingerprint density at radius 3 is 2.60 bits per heavy atom. The van der Waals surface area contributed by atoms with Gasteiger partial charge in [-0.05, 0) is 42.2 Å². The van der Waals surface area contributed by atoms with Crippen LogP contribution in [-0.4, -0.2) is 71.9 Å². The smallest absolute Gasteiger partial charge is 0.306 e. The molecule has 1 aliphatic rings. The number of hydrogen-bond donors (Lipinski definition) is 0. The molecular weight excluding hydrogens is 470 g/mol. The lowest BCUT2D eigenvalue weighted by Crippen LogP contribution is -2.41. The van der Waals surface area contributed by atoms with Crippen molar-refractivity contribution in [2.45, 2.75) is 31.9 Å². The summed E-state index contributed by atoms with van der Waals surface area (Å²) in [5.74, 6) is 0.395. The normalized spacial score (nSPS) is 14.6. The molecule has 0 amide bonds. The molecule has 1 fully saturated rings. The SMILES string of the molecule is CCOC(=O)CCc1ccc(-c2cccc(CS(=O)(=O)N3CCOCC3)c2)c(OCCCOC)c1. The monoisotopic (exact) mass is 505 g/mol. The van der Waals surface area contributed by atoms with E-state index in [1.54, 1.807) is 14.0 Å². The predicted octanol–water partition coefficient (Wildman–Crippen LogP) is 3.43. The van der Waals surface area contributed by atoms with E-state index >= 15 is 0 Å². The molecule has 2 aromatic carbocycles. The number of benzene rings is 2. The van der Waals surface area contributed by atoms with Crippen molar-refractivity contribution in [3.05, 3.63) is 53.6 Å². The third-order valence-corrected chi connectivity index (χ3v) is 7.52. The third-order valence-electron chi connectivity index (χ3n) is 5.67. The van der Waals surface area contributed by atoms with Gasteiger partial charge in [-0.15, -0.1) is 0 Å². The minimum Gasteiger partial charge on any atom is -0.493 e. The van der Waals surface area contributed by atoms with Crippen LogP contribution < -0.4 is 4.74 Å². The van der Waals surface area contributed by atoms with Gasteiger partial charge in [-0.2, -0.15) is 4.31 Å². The Balaban J connectivity index is 1.81. The molecule has 0 unspecified atom stereocenters. The van der Waals surface area contributed by atoms with Crippen molar-refractivity contribution in [3.8, 4) is 16.9 Å². The summed E-state index contributed by atoms with van der Waals surface area (Å²) < 4.78 is 48.8. The van der Waals surface area contributed by atoms with E-state index in [0.717, 1.165) is 23.1 Å². The van der Waals surface area contributed by atoms with Crippen molar-refractivity contribution in [1.82, 2.24) is 4.31 Å². The van der Waals surface area contributed by atoms with Crippen LogP contribution in [0.5, 0.6) is 5.75 Å². The van der Waals surface area contributed by atoms with E-state index in [1.165, 1.54) is 4.31 Å². The van der Waals surface area contributed by atoms with Gasteiger partial charge in [0.2, 0.25) is 10.0 Å². The summed E-state index contributed by atoms with van der Waals surface area (Å²) in [5.41, 5.74) is 3.42. The number of nitrogens with zero attached hydrogens (tertiary/aromatic N) is 1. The number of sulfonamides is 1. The molecule has 1 aliphatic heterocycles. The second-order valence-corrected chi connectivity index (χ2v) is 10.3. The van der Waals surface area contributed by atoms with Gasteiger partial charge >= 0.3 is 5.97 Å². The lowest BCUT2D eigenvalue weighted by Gasteiger charge is -2.26. The Hall–Kier alpha value is -2.46. The van der Waals surface area contributed by atoms with Gasteiger partial charge in [-0.25, -0.2) is 8.42 Å². The van der Waals surface area contributed by atoms with Gasteiger partial charge in [0.05, 0.1) is 32.2 Å². The highest BCUT2D eigenvalue weighted by molar-refractivity contribution is 7.88. The topological polar surface area (TPSA) is 91.4 Å². The van der Waals surface area contributed by atoms with Crippen molar-refractivity contribution in [2.24, 2.45) is 0 Å². The van der Waals surface area contributed by atoms with Crippen LogP contribution in [0.2, 0.25) is 0 Å². The summed E-state index contributed by atoms with van der Waals surface area (Å²) in [6, 6.07) is 13.4. The Labute approximate surface area is 208 Å². The molecule has 9 heteroatoms. The molecule has 0 aliphatic carbocycles. The molecule has 0 atom stereocenters. The first kappa shape index (κ1) is 27.1. The molecule has 0 saturated carbocycles. The summed E-state index contributed by atoms with van der Waals surface area (Å²) in [6.07, 6.45) is 1.58. The molecule has 1 heterocycles. The highest BCUT2D eigenvalue weighted by atomic mass is 32.2. The summed E-state index contributed by atoms with van der Waals surface area (Å²) in [7, 11) is -1.78. The molecular formula is C26H35NO7S. The van der Waals surface area contributed by atoms with Crippen LogP contribution in [0.4, 0.5) is 0 Å². The third kappa shape index (κ3) is 8.31. The Morgan fingerprint density at radius 1 is 1.06 bits per heavy atom. The molecule has 3 rings (SSSR count). The second kappa shape index (κ2) is 13.6. The average Bonchev–Trinajstić information content (AvgIpc) is 2.86. The van der Waals surface area contributed by atoms with E-state index in [1.807, 2.05) is 42.5 Å². The lowest BCUT2D eigenvalue weighted by molar-refractivity contribution is -0.143. The largest absolute Gasteiger partial charge is 0.493 e. The summed E-state index contributed by atoms with van der Waals surface area (Å²) >= 11 is 0. The van der Waals surface area contributed by atoms with Gasteiger partial charge in [0.1, 0.15) is 5.75 Å². The number of rotatable bonds is 13. The van der Waals surface area contributed by atoms with Crippen molar-refractivity contribution >= 4 is 16.0 Å². The van der Waals surface area contributed by atoms with Gasteiger partial charge in [0.15, 0.2) is 0 Å². The minimum absolute atomic E-state index is 0.0670. The van der Waals surface area contributed by atoms with E-state index in [-0.39, 0.29) is 11.7 Å². The molecule has 0 radical (unpaired) electrons. The fourth-order valence-corrected chi connectivity index (χ4v) is 5.39. The van der Waals surface area contributed by atoms with Crippen molar-refractivity contribution in [3.63, 3.8) is 0 Å². The van der Waals surface area contributed by atoms with Gasteiger partial charge in [0, 0.05) is 45.2 Å². The van der Waals surface area contributed by atoms with Gasteiger partial charge in [-0.1, -0.05) is 30.3 Å². The molecule has 0 aromatic heterocycles. The first-order valence-electron chi connectivity index (χ1n) is 12.0. The predicted molar refractivity (Wildman–Crippen MR) is 134 cm³/mol. The van der Waals surface area contributed by atoms with E-state index in [9.17, 15) is 13.2 Å². The fourth-order valence-electron chi connectivity index (χ4n) is 3.90. The molecule has 1 saturated heterocycles. The number of esters is 1. The Kier molecular flexibility index (Phi) is 10.5. The molecule has 35 heavy (non-hydrogen) atoms. The molecule has 2 aromatic rings. The van der Waals surface area contributed by atoms with E-state index in [0.29, 0.717) is 70.3 Å². The van der Waals surface area contributed by atoms with Crippen LogP contribution in [0.15, 0.2) is 42.5 Å². The van der Waals surface area contributed by atoms with Crippen LogP contribution in [0.25, 0.3) is 11.1 Å². The van der Waals surface area contributed by atoms with Crippen LogP contribution >= 0.6 is 0 Å². The van der Waals surface area contributed by atoms with Crippen molar-refractivity contribution < 1.29 is 32.2 Å². The van der Waals surface area contributed by atoms with Crippen molar-refractivity contribution in [1.29, 1.82) is 0 Å². The van der Waals surface area contributed by atoms with E-state index < -0.39 is 10.0 Å². The minimum atomic E-state index is -3.43. The van der Waals surface area contributed by atoms with Gasteiger partial charge in [-0.3, -0.25) is 4.79 Å². The Bertz CT molecular complexity index is 1070. The Morgan fingerprint density at radius 2 is 1.86 bits per heavy atom. The standard InChI is InChI=1S/C26H35NO7S/c1-3-33-26(28)11-9-21-8-10-24(25(19-21)34-15-5-14-31-2)23-7-4-6-22(18-23)20-35(29,30)27-12-16-32-17-13-27/h4,6-8,10,18-19H,3,5,9,11-17,20H2,1-2H3. The number of morpholine rings is 1. The second-order valence-electron chi connectivity index (χ2n) is 8.30. The molecule has 192 valence electrons. The number of carbonyl (C=O) groups excluding carboxylic acids is 1. The maximum absolute atomic E-state index is 12.9. The fraction of sp³-hybridized carbons (Fsp3) is 0.500. The maximum atomic E-state index is 12.9. The summed E-state index contributed by atoms with van der Waals surface area (Å²) in [4.78, 5) is 11.8. The zero-order valence-corrected chi connectivity index (χ0v) is 21.3. The van der Waals surface area contributed by atoms with Crippen LogP contribution in [0.1, 0.15) is 30.9 Å². The number of ether oxygens (including phenoxy) is 4.